The van der Waals surface area contributed by atoms with Gasteiger partial charge in [-0.25, -0.2) is 8.42 Å². The molecular weight excluding hydrogens is 531 g/mol. The minimum absolute atomic E-state index is 0.0365. The Kier molecular flexibility index (Phi) is 11.5. The molecule has 0 heterocycles. The maximum absolute atomic E-state index is 11.9. The first kappa shape index (κ1) is 27.9. The van der Waals surface area contributed by atoms with Crippen LogP contribution in [0.15, 0.2) is 46.2 Å². The molecule has 2 aromatic rings. The van der Waals surface area contributed by atoms with Gasteiger partial charge in [0.1, 0.15) is 18.5 Å². The Hall–Kier alpha value is -1.32. The molecule has 0 aliphatic carbocycles. The number of hydrogen-bond donors (Lipinski definition) is 0. The van der Waals surface area contributed by atoms with E-state index in [0.717, 1.165) is 9.79 Å². The molecule has 1 atom stereocenters. The molecule has 6 nitrogen and oxygen atoms in total. The van der Waals surface area contributed by atoms with E-state index in [1.54, 1.807) is 31.2 Å². The normalized spacial score (nSPS) is 12.3. The molecule has 0 saturated heterocycles. The SMILES string of the molecule is CCS(=O)(=O)C[C@H](COc1ccc(Sc2cc(Cl)c(OCCCCl)c(Cl)c2)cc1)OC(C)=O. The lowest BCUT2D eigenvalue weighted by molar-refractivity contribution is -0.146. The minimum atomic E-state index is -3.32. The Bertz CT molecular complexity index is 1010. The number of rotatable bonds is 13. The summed E-state index contributed by atoms with van der Waals surface area (Å²) in [5, 5.41) is 0.830. The minimum Gasteiger partial charge on any atom is -0.490 e. The van der Waals surface area contributed by atoms with Crippen molar-refractivity contribution in [1.82, 2.24) is 0 Å². The number of halogens is 3. The third-order valence-electron chi connectivity index (χ3n) is 4.20. The van der Waals surface area contributed by atoms with Crippen LogP contribution in [-0.4, -0.2) is 51.1 Å². The molecule has 11 heteroatoms. The molecule has 2 aromatic carbocycles. The Balaban J connectivity index is 2.00. The third kappa shape index (κ3) is 9.83. The van der Waals surface area contributed by atoms with Gasteiger partial charge in [-0.15, -0.1) is 11.6 Å². The van der Waals surface area contributed by atoms with Crippen molar-refractivity contribution in [2.75, 3.05) is 30.6 Å². The van der Waals surface area contributed by atoms with E-state index in [1.807, 2.05) is 12.1 Å². The van der Waals surface area contributed by atoms with Crippen molar-refractivity contribution in [3.05, 3.63) is 46.4 Å². The zero-order chi connectivity index (χ0) is 24.4. The van der Waals surface area contributed by atoms with Gasteiger partial charge in [-0.2, -0.15) is 0 Å². The third-order valence-corrected chi connectivity index (χ3v) is 7.77. The summed E-state index contributed by atoms with van der Waals surface area (Å²) < 4.78 is 40.1. The largest absolute Gasteiger partial charge is 0.490 e. The summed E-state index contributed by atoms with van der Waals surface area (Å²) in [6, 6.07) is 10.7. The van der Waals surface area contributed by atoms with Crippen LogP contribution in [0.4, 0.5) is 0 Å². The van der Waals surface area contributed by atoms with Crippen LogP contribution in [0.5, 0.6) is 11.5 Å². The second-order valence-corrected chi connectivity index (χ2v) is 11.7. The predicted molar refractivity (Wildman–Crippen MR) is 133 cm³/mol. The number of esters is 1. The number of ether oxygens (including phenoxy) is 3. The monoisotopic (exact) mass is 554 g/mol. The first-order valence-corrected chi connectivity index (χ1v) is 14.0. The lowest BCUT2D eigenvalue weighted by Gasteiger charge is -2.17. The van der Waals surface area contributed by atoms with Crippen molar-refractivity contribution in [1.29, 1.82) is 0 Å². The van der Waals surface area contributed by atoms with Crippen LogP contribution in [0, 0.1) is 0 Å². The van der Waals surface area contributed by atoms with Gasteiger partial charge >= 0.3 is 5.97 Å². The van der Waals surface area contributed by atoms with Crippen molar-refractivity contribution >= 4 is 62.4 Å². The fourth-order valence-electron chi connectivity index (χ4n) is 2.64. The van der Waals surface area contributed by atoms with E-state index in [1.165, 1.54) is 18.7 Å². The highest BCUT2D eigenvalue weighted by Gasteiger charge is 2.21. The lowest BCUT2D eigenvalue weighted by atomic mass is 10.3. The summed E-state index contributed by atoms with van der Waals surface area (Å²) in [5.74, 6) is 0.559. The summed E-state index contributed by atoms with van der Waals surface area (Å²) in [5.41, 5.74) is 0. The maximum atomic E-state index is 11.9. The Labute approximate surface area is 213 Å². The number of sulfone groups is 1. The molecule has 0 aromatic heterocycles. The summed E-state index contributed by atoms with van der Waals surface area (Å²) in [6.07, 6.45) is -0.189. The molecule has 0 bridgehead atoms. The highest BCUT2D eigenvalue weighted by molar-refractivity contribution is 7.99. The fraction of sp³-hybridized carbons (Fsp3) is 0.409. The van der Waals surface area contributed by atoms with E-state index in [4.69, 9.17) is 49.0 Å². The first-order chi connectivity index (χ1) is 15.6. The smallest absolute Gasteiger partial charge is 0.303 e. The predicted octanol–water partition coefficient (Wildman–Crippen LogP) is 5.90. The van der Waals surface area contributed by atoms with Gasteiger partial charge in [-0.3, -0.25) is 4.79 Å². The highest BCUT2D eigenvalue weighted by atomic mass is 35.5. The zero-order valence-electron chi connectivity index (χ0n) is 18.2. The Morgan fingerprint density at radius 1 is 1.06 bits per heavy atom. The average molecular weight is 556 g/mol. The van der Waals surface area contributed by atoms with Crippen LogP contribution in [0.25, 0.3) is 0 Å². The van der Waals surface area contributed by atoms with E-state index in [9.17, 15) is 13.2 Å². The van der Waals surface area contributed by atoms with Gasteiger partial charge < -0.3 is 14.2 Å². The molecule has 0 aliphatic heterocycles. The summed E-state index contributed by atoms with van der Waals surface area (Å²) in [4.78, 5) is 13.0. The van der Waals surface area contributed by atoms with Crippen LogP contribution >= 0.6 is 46.6 Å². The number of benzene rings is 2. The molecule has 33 heavy (non-hydrogen) atoms. The highest BCUT2D eigenvalue weighted by Crippen LogP contribution is 2.39. The maximum Gasteiger partial charge on any atom is 0.303 e. The molecule has 0 spiro atoms. The molecule has 0 unspecified atom stereocenters. The Morgan fingerprint density at radius 2 is 1.70 bits per heavy atom. The molecule has 2 rings (SSSR count). The number of carbonyl (C=O) groups is 1. The van der Waals surface area contributed by atoms with Gasteiger partial charge in [0.25, 0.3) is 0 Å². The Morgan fingerprint density at radius 3 is 2.24 bits per heavy atom. The van der Waals surface area contributed by atoms with E-state index < -0.39 is 21.9 Å². The van der Waals surface area contributed by atoms with Gasteiger partial charge in [0, 0.05) is 28.3 Å². The lowest BCUT2D eigenvalue weighted by Crippen LogP contribution is -2.32. The van der Waals surface area contributed by atoms with Crippen LogP contribution in [0.1, 0.15) is 20.3 Å². The van der Waals surface area contributed by atoms with Crippen LogP contribution in [-0.2, 0) is 19.4 Å². The summed E-state index contributed by atoms with van der Waals surface area (Å²) >= 11 is 19.7. The topological polar surface area (TPSA) is 78.9 Å². The average Bonchev–Trinajstić information content (AvgIpc) is 2.74. The van der Waals surface area contributed by atoms with Crippen molar-refractivity contribution in [3.63, 3.8) is 0 Å². The van der Waals surface area contributed by atoms with Gasteiger partial charge in [0.2, 0.25) is 0 Å². The van der Waals surface area contributed by atoms with Crippen LogP contribution in [0.3, 0.4) is 0 Å². The standard InChI is InChI=1S/C22H25Cl3O6S2/c1-3-33(27,28)14-17(31-15(2)26)13-30-16-5-7-18(8-6-16)32-19-11-20(24)22(21(25)12-19)29-10-4-9-23/h5-8,11-12,17H,3-4,9-10,13-14H2,1-2H3/t17-/m0/s1. The molecule has 0 radical (unpaired) electrons. The summed E-state index contributed by atoms with van der Waals surface area (Å²) in [7, 11) is -3.32. The molecule has 0 saturated carbocycles. The molecule has 182 valence electrons. The first-order valence-electron chi connectivity index (χ1n) is 10.1. The van der Waals surface area contributed by atoms with Crippen molar-refractivity contribution in [2.45, 2.75) is 36.2 Å². The van der Waals surface area contributed by atoms with Gasteiger partial charge in [-0.05, 0) is 42.8 Å². The number of alkyl halides is 1. The number of carbonyl (C=O) groups excluding carboxylic acids is 1. The molecule has 0 amide bonds. The molecule has 0 aliphatic rings. The van der Waals surface area contributed by atoms with Gasteiger partial charge in [0.15, 0.2) is 15.6 Å². The van der Waals surface area contributed by atoms with E-state index in [2.05, 4.69) is 0 Å². The fourth-order valence-corrected chi connectivity index (χ4v) is 5.34. The summed E-state index contributed by atoms with van der Waals surface area (Å²) in [6.45, 7) is 3.13. The van der Waals surface area contributed by atoms with Gasteiger partial charge in [0.05, 0.1) is 22.4 Å². The van der Waals surface area contributed by atoms with Crippen molar-refractivity contribution in [3.8, 4) is 11.5 Å². The molecule has 0 fully saturated rings. The second-order valence-electron chi connectivity index (χ2n) is 6.92. The molecular formula is C22H25Cl3O6S2. The van der Waals surface area contributed by atoms with Crippen molar-refractivity contribution in [2.24, 2.45) is 0 Å². The van der Waals surface area contributed by atoms with Crippen LogP contribution in [0.2, 0.25) is 10.0 Å². The number of hydrogen-bond acceptors (Lipinski definition) is 7. The van der Waals surface area contributed by atoms with Gasteiger partial charge in [-0.1, -0.05) is 41.9 Å². The quantitative estimate of drug-likeness (QED) is 0.173. The van der Waals surface area contributed by atoms with E-state index in [-0.39, 0.29) is 18.1 Å². The second kappa shape index (κ2) is 13.5. The molecule has 0 N–H and O–H groups in total. The van der Waals surface area contributed by atoms with Crippen LogP contribution < -0.4 is 9.47 Å². The van der Waals surface area contributed by atoms with Crippen molar-refractivity contribution < 1.29 is 27.4 Å². The van der Waals surface area contributed by atoms with E-state index in [0.29, 0.717) is 40.5 Å². The zero-order valence-corrected chi connectivity index (χ0v) is 22.1. The van der Waals surface area contributed by atoms with E-state index >= 15 is 0 Å².